The molecular weight excluding hydrogens is 264 g/mol. The third kappa shape index (κ3) is 3.99. The Labute approximate surface area is 134 Å². The molecule has 0 amide bonds. The maximum absolute atomic E-state index is 11.8. The van der Waals surface area contributed by atoms with Crippen LogP contribution in [0.1, 0.15) is 2.85 Å². The molecule has 0 aliphatic rings. The third-order valence-corrected chi connectivity index (χ3v) is 3.24. The summed E-state index contributed by atoms with van der Waals surface area (Å²) in [6, 6.07) is 16.5. The van der Waals surface area contributed by atoms with E-state index in [0.717, 1.165) is 0 Å². The molecule has 0 unspecified atom stereocenters. The first-order valence-electron chi connectivity index (χ1n) is 4.73. The van der Waals surface area contributed by atoms with E-state index >= 15 is 0 Å². The molecule has 0 N–H and O–H groups in total. The monoisotopic (exact) mass is 276 g/mol. The molecule has 0 radical (unpaired) electrons. The van der Waals surface area contributed by atoms with Gasteiger partial charge in [0, 0.05) is 0 Å². The smallest absolute Gasteiger partial charge is 1.00 e. The first-order valence-corrected chi connectivity index (χ1v) is 6.14. The normalized spacial score (nSPS) is 10.4. The Kier molecular flexibility index (Phi) is 5.46. The second kappa shape index (κ2) is 6.40. The molecule has 0 aliphatic heterocycles. The van der Waals surface area contributed by atoms with Crippen LogP contribution in [0.2, 0.25) is 0 Å². The van der Waals surface area contributed by atoms with Crippen LogP contribution in [0.25, 0.3) is 0 Å². The van der Waals surface area contributed by atoms with Crippen LogP contribution < -0.4 is 4.18 Å². The molecule has 0 aromatic heterocycles. The van der Waals surface area contributed by atoms with Crippen molar-refractivity contribution in [1.29, 1.82) is 0 Å². The average molecular weight is 276 g/mol. The quantitative estimate of drug-likeness (QED) is 0.638. The van der Waals surface area contributed by atoms with Gasteiger partial charge in [0.1, 0.15) is 10.6 Å². The van der Waals surface area contributed by atoms with E-state index in [1.165, 1.54) is 12.1 Å². The van der Waals surface area contributed by atoms with Crippen molar-refractivity contribution in [3.8, 4) is 5.75 Å². The van der Waals surface area contributed by atoms with E-state index in [1.54, 1.807) is 48.5 Å². The molecule has 2 aromatic carbocycles. The fourth-order valence-electron chi connectivity index (χ4n) is 1.24. The SMILES string of the molecule is O=S(=O)(Oc1ccccc1)c1ccccc1.[Ca+2].[H-].[H-]. The number of benzene rings is 2. The zero-order valence-corrected chi connectivity index (χ0v) is 12.1. The van der Waals surface area contributed by atoms with E-state index in [9.17, 15) is 8.42 Å². The minimum atomic E-state index is -3.71. The molecule has 0 saturated carbocycles. The maximum Gasteiger partial charge on any atom is 2.00 e. The summed E-state index contributed by atoms with van der Waals surface area (Å²) in [5.74, 6) is 0.311. The number of rotatable bonds is 3. The number of para-hydroxylation sites is 1. The van der Waals surface area contributed by atoms with Crippen LogP contribution in [-0.2, 0) is 10.1 Å². The van der Waals surface area contributed by atoms with Gasteiger partial charge in [-0.2, -0.15) is 8.42 Å². The van der Waals surface area contributed by atoms with Gasteiger partial charge in [0.15, 0.2) is 0 Å². The van der Waals surface area contributed by atoms with Crippen molar-refractivity contribution < 1.29 is 15.5 Å². The van der Waals surface area contributed by atoms with Gasteiger partial charge in [-0.3, -0.25) is 0 Å². The zero-order chi connectivity index (χ0) is 11.4. The molecule has 3 nitrogen and oxygen atoms in total. The largest absolute Gasteiger partial charge is 2.00 e. The Hall–Kier alpha value is -0.550. The number of hydrogen-bond donors (Lipinski definition) is 0. The molecule has 0 spiro atoms. The molecule has 5 heteroatoms. The van der Waals surface area contributed by atoms with Gasteiger partial charge in [0.05, 0.1) is 0 Å². The minimum Gasteiger partial charge on any atom is -1.00 e. The zero-order valence-electron chi connectivity index (χ0n) is 11.1. The predicted octanol–water partition coefficient (Wildman–Crippen LogP) is 2.30. The van der Waals surface area contributed by atoms with Gasteiger partial charge >= 0.3 is 47.9 Å². The first kappa shape index (κ1) is 14.5. The van der Waals surface area contributed by atoms with E-state index in [1.807, 2.05) is 0 Å². The van der Waals surface area contributed by atoms with Gasteiger partial charge < -0.3 is 7.04 Å². The molecular formula is C12H12CaO3S. The Morgan fingerprint density at radius 1 is 0.824 bits per heavy atom. The van der Waals surface area contributed by atoms with Crippen molar-refractivity contribution in [2.24, 2.45) is 0 Å². The molecule has 0 heterocycles. The second-order valence-corrected chi connectivity index (χ2v) is 4.71. The Balaban J connectivity index is 0. The first-order chi connectivity index (χ1) is 7.68. The Morgan fingerprint density at radius 2 is 1.29 bits per heavy atom. The van der Waals surface area contributed by atoms with E-state index in [-0.39, 0.29) is 45.5 Å². The van der Waals surface area contributed by atoms with Crippen LogP contribution >= 0.6 is 0 Å². The molecule has 0 aliphatic carbocycles. The summed E-state index contributed by atoms with van der Waals surface area (Å²) in [7, 11) is -3.71. The van der Waals surface area contributed by atoms with E-state index in [0.29, 0.717) is 5.75 Å². The molecule has 0 bridgehead atoms. The molecule has 86 valence electrons. The molecule has 2 aromatic rings. The fraction of sp³-hybridized carbons (Fsp3) is 0. The van der Waals surface area contributed by atoms with Crippen LogP contribution in [0.5, 0.6) is 5.75 Å². The molecule has 2 rings (SSSR count). The summed E-state index contributed by atoms with van der Waals surface area (Å²) in [5, 5.41) is 0. The van der Waals surface area contributed by atoms with Gasteiger partial charge in [-0.15, -0.1) is 0 Å². The van der Waals surface area contributed by atoms with E-state index in [4.69, 9.17) is 4.18 Å². The van der Waals surface area contributed by atoms with Crippen molar-refractivity contribution in [2.45, 2.75) is 4.90 Å². The molecule has 0 fully saturated rings. The van der Waals surface area contributed by atoms with Gasteiger partial charge in [0.2, 0.25) is 0 Å². The molecule has 0 atom stereocenters. The van der Waals surface area contributed by atoms with Gasteiger partial charge in [-0.1, -0.05) is 36.4 Å². The van der Waals surface area contributed by atoms with Crippen LogP contribution in [0.3, 0.4) is 0 Å². The van der Waals surface area contributed by atoms with E-state index < -0.39 is 10.1 Å². The Morgan fingerprint density at radius 3 is 1.82 bits per heavy atom. The number of hydrogen-bond acceptors (Lipinski definition) is 3. The summed E-state index contributed by atoms with van der Waals surface area (Å²) in [5.41, 5.74) is 0. The second-order valence-electron chi connectivity index (χ2n) is 3.16. The van der Waals surface area contributed by atoms with Gasteiger partial charge in [-0.25, -0.2) is 0 Å². The van der Waals surface area contributed by atoms with Crippen molar-refractivity contribution in [3.63, 3.8) is 0 Å². The summed E-state index contributed by atoms with van der Waals surface area (Å²) in [4.78, 5) is 0.152. The van der Waals surface area contributed by atoms with Crippen LogP contribution in [0.4, 0.5) is 0 Å². The molecule has 0 saturated heterocycles. The van der Waals surface area contributed by atoms with Crippen molar-refractivity contribution >= 4 is 47.9 Å². The topological polar surface area (TPSA) is 43.4 Å². The van der Waals surface area contributed by atoms with Crippen LogP contribution in [0.15, 0.2) is 65.6 Å². The van der Waals surface area contributed by atoms with Crippen LogP contribution in [0, 0.1) is 0 Å². The van der Waals surface area contributed by atoms with Crippen molar-refractivity contribution in [2.75, 3.05) is 0 Å². The van der Waals surface area contributed by atoms with E-state index in [2.05, 4.69) is 0 Å². The molecule has 17 heavy (non-hydrogen) atoms. The average Bonchev–Trinajstić information content (AvgIpc) is 2.31. The van der Waals surface area contributed by atoms with Crippen molar-refractivity contribution in [3.05, 3.63) is 60.7 Å². The van der Waals surface area contributed by atoms with Gasteiger partial charge in [0.25, 0.3) is 0 Å². The summed E-state index contributed by atoms with van der Waals surface area (Å²) in [6.07, 6.45) is 0. The van der Waals surface area contributed by atoms with Crippen LogP contribution in [-0.4, -0.2) is 46.2 Å². The Bertz CT molecular complexity index is 562. The third-order valence-electron chi connectivity index (χ3n) is 1.98. The minimum absolute atomic E-state index is 0. The standard InChI is InChI=1S/C12H10O3S.Ca.2H/c13-16(14,12-9-5-2-6-10-12)15-11-7-3-1-4-8-11;;;/h1-10H;;;/q;+2;2*-1. The maximum atomic E-state index is 11.8. The van der Waals surface area contributed by atoms with Gasteiger partial charge in [-0.05, 0) is 24.3 Å². The fourth-order valence-corrected chi connectivity index (χ4v) is 2.19. The van der Waals surface area contributed by atoms with Crippen molar-refractivity contribution in [1.82, 2.24) is 0 Å². The summed E-state index contributed by atoms with van der Waals surface area (Å²) < 4.78 is 28.5. The summed E-state index contributed by atoms with van der Waals surface area (Å²) >= 11 is 0. The summed E-state index contributed by atoms with van der Waals surface area (Å²) in [6.45, 7) is 0. The predicted molar refractivity (Wildman–Crippen MR) is 68.7 cm³/mol.